The second-order valence-corrected chi connectivity index (χ2v) is 6.58. The van der Waals surface area contributed by atoms with Gasteiger partial charge in [-0.25, -0.2) is 4.98 Å². The number of methoxy groups -OCH3 is 1. The summed E-state index contributed by atoms with van der Waals surface area (Å²) >= 11 is -0.948. The number of hydrogen-bond acceptors (Lipinski definition) is 3. The van der Waals surface area contributed by atoms with Crippen LogP contribution >= 0.6 is 0 Å². The van der Waals surface area contributed by atoms with Crippen LogP contribution in [0, 0.1) is 6.92 Å². The van der Waals surface area contributed by atoms with Crippen molar-refractivity contribution in [3.8, 4) is 17.0 Å². The molecule has 2 aromatic carbocycles. The van der Waals surface area contributed by atoms with Crippen molar-refractivity contribution in [3.63, 3.8) is 0 Å². The zero-order chi connectivity index (χ0) is 15.7. The number of fused-ring (bicyclic) bond motifs is 1. The molecule has 3 rings (SSSR count). The van der Waals surface area contributed by atoms with E-state index in [-0.39, 0.29) is 0 Å². The molecular weight excluding hydrogens is 294 g/mol. The molecule has 0 aliphatic rings. The first-order valence-corrected chi connectivity index (χ1v) is 8.53. The van der Waals surface area contributed by atoms with Crippen molar-refractivity contribution in [2.24, 2.45) is 0 Å². The molecule has 1 unspecified atom stereocenters. The second-order valence-electron chi connectivity index (χ2n) is 5.20. The van der Waals surface area contributed by atoms with E-state index >= 15 is 0 Å². The third kappa shape index (κ3) is 2.80. The predicted molar refractivity (Wildman–Crippen MR) is 90.8 cm³/mol. The van der Waals surface area contributed by atoms with Gasteiger partial charge in [-0.2, -0.15) is 0 Å². The smallest absolute Gasteiger partial charge is 0.213 e. The molecule has 0 fully saturated rings. The molecule has 1 atom stereocenters. The van der Waals surface area contributed by atoms with Crippen LogP contribution in [0.1, 0.15) is 5.56 Å². The summed E-state index contributed by atoms with van der Waals surface area (Å²) in [5.41, 5.74) is 4.30. The third-order valence-electron chi connectivity index (χ3n) is 3.69. The van der Waals surface area contributed by atoms with Gasteiger partial charge in [0.2, 0.25) is 5.88 Å². The Morgan fingerprint density at radius 1 is 1.00 bits per heavy atom. The molecule has 1 aromatic heterocycles. The molecule has 0 bridgehead atoms. The molecule has 3 nitrogen and oxygen atoms in total. The van der Waals surface area contributed by atoms with Gasteiger partial charge in [0.1, 0.15) is 6.26 Å². The summed E-state index contributed by atoms with van der Waals surface area (Å²) in [6.45, 7) is 2.05. The third-order valence-corrected chi connectivity index (χ3v) is 4.62. The van der Waals surface area contributed by atoms with Crippen molar-refractivity contribution in [2.45, 2.75) is 11.8 Å². The largest absolute Gasteiger partial charge is 0.612 e. The van der Waals surface area contributed by atoms with Gasteiger partial charge in [-0.3, -0.25) is 0 Å². The van der Waals surface area contributed by atoms with Crippen molar-refractivity contribution in [1.29, 1.82) is 0 Å². The summed E-state index contributed by atoms with van der Waals surface area (Å²) in [5.74, 6) is 0.623. The van der Waals surface area contributed by atoms with Crippen LogP contribution in [-0.2, 0) is 11.2 Å². The van der Waals surface area contributed by atoms with E-state index in [9.17, 15) is 4.55 Å². The van der Waals surface area contributed by atoms with Crippen LogP contribution in [0.15, 0.2) is 53.4 Å². The maximum atomic E-state index is 11.5. The van der Waals surface area contributed by atoms with E-state index in [0.29, 0.717) is 5.88 Å². The first-order chi connectivity index (χ1) is 10.6. The minimum atomic E-state index is -0.948. The van der Waals surface area contributed by atoms with E-state index in [1.807, 2.05) is 43.3 Å². The van der Waals surface area contributed by atoms with Crippen LogP contribution in [0.3, 0.4) is 0 Å². The highest BCUT2D eigenvalue weighted by atomic mass is 32.2. The molecule has 1 heterocycles. The van der Waals surface area contributed by atoms with E-state index in [0.717, 1.165) is 32.5 Å². The number of ether oxygens (including phenoxy) is 1. The average molecular weight is 311 g/mol. The van der Waals surface area contributed by atoms with Crippen molar-refractivity contribution in [2.75, 3.05) is 13.4 Å². The average Bonchev–Trinajstić information content (AvgIpc) is 2.54. The van der Waals surface area contributed by atoms with Crippen molar-refractivity contribution < 1.29 is 9.29 Å². The van der Waals surface area contributed by atoms with Gasteiger partial charge in [0.25, 0.3) is 0 Å². The Bertz CT molecular complexity index is 813. The highest BCUT2D eigenvalue weighted by Crippen LogP contribution is 2.28. The van der Waals surface area contributed by atoms with Crippen LogP contribution in [0.5, 0.6) is 5.88 Å². The molecule has 0 aliphatic carbocycles. The summed E-state index contributed by atoms with van der Waals surface area (Å²) in [7, 11) is 1.62. The van der Waals surface area contributed by atoms with Gasteiger partial charge in [0, 0.05) is 11.5 Å². The molecular formula is C18H17NO2S. The van der Waals surface area contributed by atoms with Gasteiger partial charge in [-0.1, -0.05) is 0 Å². The second kappa shape index (κ2) is 5.99. The van der Waals surface area contributed by atoms with E-state index in [1.165, 1.54) is 0 Å². The highest BCUT2D eigenvalue weighted by Gasteiger charge is 2.08. The van der Waals surface area contributed by atoms with Gasteiger partial charge < -0.3 is 9.29 Å². The topological polar surface area (TPSA) is 45.2 Å². The lowest BCUT2D eigenvalue weighted by molar-refractivity contribution is 0.399. The van der Waals surface area contributed by atoms with E-state index < -0.39 is 11.2 Å². The van der Waals surface area contributed by atoms with Gasteiger partial charge in [-0.05, 0) is 77.3 Å². The first kappa shape index (κ1) is 14.9. The summed E-state index contributed by atoms with van der Waals surface area (Å²) < 4.78 is 16.7. The number of rotatable bonds is 3. The molecule has 3 aromatic rings. The van der Waals surface area contributed by atoms with Crippen LogP contribution < -0.4 is 4.74 Å². The maximum absolute atomic E-state index is 11.5. The number of hydrogen-bond donors (Lipinski definition) is 0. The van der Waals surface area contributed by atoms with Gasteiger partial charge in [-0.15, -0.1) is 0 Å². The zero-order valence-electron chi connectivity index (χ0n) is 12.8. The van der Waals surface area contributed by atoms with Crippen molar-refractivity contribution in [3.05, 3.63) is 54.1 Å². The quantitative estimate of drug-likeness (QED) is 0.688. The summed E-state index contributed by atoms with van der Waals surface area (Å²) in [5, 5.41) is 1.08. The molecule has 4 heteroatoms. The fourth-order valence-corrected chi connectivity index (χ4v) is 3.03. The molecule has 0 spiro atoms. The number of aryl methyl sites for hydroxylation is 1. The molecule has 22 heavy (non-hydrogen) atoms. The summed E-state index contributed by atoms with van der Waals surface area (Å²) in [6, 6.07) is 16.0. The fourth-order valence-electron chi connectivity index (χ4n) is 2.51. The molecule has 112 valence electrons. The standard InChI is InChI=1S/C18H17NO2S/c1-12-10-15(13-4-7-16(8-5-13)22(3)20)11-14-6-9-17(21-2)19-18(12)14/h4-11H,1-3H3. The van der Waals surface area contributed by atoms with E-state index in [2.05, 4.69) is 17.1 Å². The van der Waals surface area contributed by atoms with Crippen LogP contribution in [0.2, 0.25) is 0 Å². The lowest BCUT2D eigenvalue weighted by atomic mass is 10.0. The molecule has 0 saturated carbocycles. The Morgan fingerprint density at radius 2 is 1.73 bits per heavy atom. The molecule has 0 radical (unpaired) electrons. The first-order valence-electron chi connectivity index (χ1n) is 6.98. The fraction of sp³-hybridized carbons (Fsp3) is 0.167. The van der Waals surface area contributed by atoms with Crippen LogP contribution in [-0.4, -0.2) is 22.9 Å². The Kier molecular flexibility index (Phi) is 4.05. The Morgan fingerprint density at radius 3 is 2.36 bits per heavy atom. The lowest BCUT2D eigenvalue weighted by Gasteiger charge is -2.09. The Labute approximate surface area is 133 Å². The van der Waals surface area contributed by atoms with Crippen LogP contribution in [0.25, 0.3) is 22.0 Å². The Hall–Kier alpha value is -2.04. The Balaban J connectivity index is 2.08. The minimum absolute atomic E-state index is 0.623. The molecule has 0 aliphatic heterocycles. The van der Waals surface area contributed by atoms with E-state index in [4.69, 9.17) is 4.74 Å². The zero-order valence-corrected chi connectivity index (χ0v) is 13.6. The summed E-state index contributed by atoms with van der Waals surface area (Å²) in [4.78, 5) is 5.34. The van der Waals surface area contributed by atoms with Gasteiger partial charge >= 0.3 is 0 Å². The molecule has 0 N–H and O–H groups in total. The number of pyridine rings is 1. The SMILES string of the molecule is COc1ccc2cc(-c3ccc([S+](C)[O-])cc3)cc(C)c2n1. The predicted octanol–water partition coefficient (Wildman–Crippen LogP) is 3.96. The minimum Gasteiger partial charge on any atom is -0.612 e. The maximum Gasteiger partial charge on any atom is 0.213 e. The highest BCUT2D eigenvalue weighted by molar-refractivity contribution is 7.90. The number of nitrogens with zero attached hydrogens (tertiary/aromatic N) is 1. The summed E-state index contributed by atoms with van der Waals surface area (Å²) in [6.07, 6.45) is 1.69. The molecule has 0 saturated heterocycles. The number of benzene rings is 2. The lowest BCUT2D eigenvalue weighted by Crippen LogP contribution is -1.96. The normalized spacial score (nSPS) is 12.4. The van der Waals surface area contributed by atoms with Crippen LogP contribution in [0.4, 0.5) is 0 Å². The van der Waals surface area contributed by atoms with Crippen molar-refractivity contribution >= 4 is 22.1 Å². The van der Waals surface area contributed by atoms with Gasteiger partial charge in [0.05, 0.1) is 12.6 Å². The van der Waals surface area contributed by atoms with E-state index in [1.54, 1.807) is 13.4 Å². The number of aromatic nitrogens is 1. The molecule has 0 amide bonds. The van der Waals surface area contributed by atoms with Gasteiger partial charge in [0.15, 0.2) is 4.90 Å². The van der Waals surface area contributed by atoms with Crippen molar-refractivity contribution in [1.82, 2.24) is 4.98 Å². The monoisotopic (exact) mass is 311 g/mol.